The Morgan fingerprint density at radius 1 is 0.714 bits per heavy atom. The summed E-state index contributed by atoms with van der Waals surface area (Å²) in [4.78, 5) is 0. The Labute approximate surface area is 86.3 Å². The van der Waals surface area contributed by atoms with Gasteiger partial charge in [0.1, 0.15) is 5.75 Å². The van der Waals surface area contributed by atoms with E-state index in [-0.39, 0.29) is 0 Å². The van der Waals surface area contributed by atoms with E-state index in [1.807, 2.05) is 48.5 Å². The maximum atomic E-state index is 5.62. The fourth-order valence-corrected chi connectivity index (χ4v) is 1.81. The van der Waals surface area contributed by atoms with Gasteiger partial charge in [0.15, 0.2) is 0 Å². The Hall–Kier alpha value is -1.54. The van der Waals surface area contributed by atoms with Gasteiger partial charge in [0.25, 0.3) is 0 Å². The Balaban J connectivity index is 1.96. The Bertz CT molecular complexity index is 333. The lowest BCUT2D eigenvalue weighted by Crippen LogP contribution is -2.19. The van der Waals surface area contributed by atoms with Crippen molar-refractivity contribution in [2.45, 2.75) is 0 Å². The molecule has 0 amide bonds. The van der Waals surface area contributed by atoms with Crippen molar-refractivity contribution < 1.29 is 4.43 Å². The van der Waals surface area contributed by atoms with Gasteiger partial charge in [-0.25, -0.2) is 0 Å². The minimum absolute atomic E-state index is 0.382. The summed E-state index contributed by atoms with van der Waals surface area (Å²) < 4.78 is 5.62. The van der Waals surface area contributed by atoms with E-state index in [4.69, 9.17) is 4.43 Å². The molecule has 0 aromatic heterocycles. The molecular weight excluding hydrogens is 188 g/mol. The highest BCUT2D eigenvalue weighted by Crippen LogP contribution is 2.06. The van der Waals surface area contributed by atoms with Crippen LogP contribution in [0.3, 0.4) is 0 Å². The molecule has 2 radical (unpaired) electrons. The van der Waals surface area contributed by atoms with Crippen LogP contribution in [-0.2, 0) is 0 Å². The SMILES string of the molecule is c1ccc(O[Si]c2ccccc2)cc1. The Morgan fingerprint density at radius 3 is 1.93 bits per heavy atom. The van der Waals surface area contributed by atoms with Crippen LogP contribution in [-0.4, -0.2) is 9.76 Å². The van der Waals surface area contributed by atoms with Crippen molar-refractivity contribution in [1.82, 2.24) is 0 Å². The molecule has 2 aromatic rings. The summed E-state index contributed by atoms with van der Waals surface area (Å²) in [5.41, 5.74) is 0. The largest absolute Gasteiger partial charge is 0.536 e. The van der Waals surface area contributed by atoms with Gasteiger partial charge in [-0.2, -0.15) is 0 Å². The molecule has 0 N–H and O–H groups in total. The van der Waals surface area contributed by atoms with Crippen molar-refractivity contribution in [3.8, 4) is 5.75 Å². The second-order valence-corrected chi connectivity index (χ2v) is 3.87. The van der Waals surface area contributed by atoms with Crippen LogP contribution in [0, 0.1) is 0 Å². The standard InChI is InChI=1S/C12H10OSi/c1-3-7-11(8-4-1)13-14-12-9-5-2-6-10-12/h1-10H. The molecule has 2 rings (SSSR count). The molecule has 0 heterocycles. The number of hydrogen-bond donors (Lipinski definition) is 0. The zero-order valence-electron chi connectivity index (χ0n) is 7.68. The third-order valence-electron chi connectivity index (χ3n) is 1.80. The van der Waals surface area contributed by atoms with Gasteiger partial charge >= 0.3 is 9.76 Å². The van der Waals surface area contributed by atoms with Crippen molar-refractivity contribution >= 4 is 14.9 Å². The van der Waals surface area contributed by atoms with Gasteiger partial charge in [-0.05, 0) is 17.3 Å². The molecule has 0 aliphatic rings. The molecule has 0 aliphatic heterocycles. The molecule has 2 aromatic carbocycles. The molecule has 14 heavy (non-hydrogen) atoms. The van der Waals surface area contributed by atoms with Gasteiger partial charge < -0.3 is 4.43 Å². The first-order valence-corrected chi connectivity index (χ1v) is 5.39. The number of para-hydroxylation sites is 1. The molecule has 0 spiro atoms. The summed E-state index contributed by atoms with van der Waals surface area (Å²) in [5, 5.41) is 1.22. The minimum Gasteiger partial charge on any atom is -0.536 e. The third kappa shape index (κ3) is 2.47. The predicted molar refractivity (Wildman–Crippen MR) is 58.9 cm³/mol. The quantitative estimate of drug-likeness (QED) is 0.686. The summed E-state index contributed by atoms with van der Waals surface area (Å²) in [6.07, 6.45) is 0. The molecule has 68 valence electrons. The average molecular weight is 198 g/mol. The highest BCUT2D eigenvalue weighted by Gasteiger charge is 1.96. The van der Waals surface area contributed by atoms with Crippen LogP contribution in [0.5, 0.6) is 5.75 Å². The zero-order chi connectivity index (χ0) is 9.64. The van der Waals surface area contributed by atoms with E-state index < -0.39 is 0 Å². The summed E-state index contributed by atoms with van der Waals surface area (Å²) in [6.45, 7) is 0. The van der Waals surface area contributed by atoms with Crippen molar-refractivity contribution in [2.75, 3.05) is 0 Å². The fourth-order valence-electron chi connectivity index (χ4n) is 1.11. The summed E-state index contributed by atoms with van der Waals surface area (Å²) in [6, 6.07) is 20.1. The van der Waals surface area contributed by atoms with E-state index in [1.165, 1.54) is 5.19 Å². The van der Waals surface area contributed by atoms with Crippen LogP contribution in [0.2, 0.25) is 0 Å². The first-order valence-electron chi connectivity index (χ1n) is 4.48. The maximum Gasteiger partial charge on any atom is 0.351 e. The lowest BCUT2D eigenvalue weighted by molar-refractivity contribution is 0.605. The van der Waals surface area contributed by atoms with E-state index >= 15 is 0 Å². The number of hydrogen-bond acceptors (Lipinski definition) is 1. The van der Waals surface area contributed by atoms with Gasteiger partial charge in [-0.3, -0.25) is 0 Å². The molecule has 0 bridgehead atoms. The second kappa shape index (κ2) is 4.63. The van der Waals surface area contributed by atoms with E-state index in [0.29, 0.717) is 9.76 Å². The zero-order valence-corrected chi connectivity index (χ0v) is 8.68. The second-order valence-electron chi connectivity index (χ2n) is 2.88. The van der Waals surface area contributed by atoms with Gasteiger partial charge in [0.05, 0.1) is 0 Å². The third-order valence-corrected chi connectivity index (χ3v) is 2.71. The normalized spacial score (nSPS) is 9.71. The molecular formula is C12H10OSi. The number of rotatable bonds is 3. The van der Waals surface area contributed by atoms with Crippen LogP contribution in [0.4, 0.5) is 0 Å². The Kier molecular flexibility index (Phi) is 2.98. The molecule has 0 fully saturated rings. The Morgan fingerprint density at radius 2 is 1.29 bits per heavy atom. The summed E-state index contributed by atoms with van der Waals surface area (Å²) in [7, 11) is 0.382. The molecule has 0 unspecified atom stereocenters. The molecule has 1 nitrogen and oxygen atoms in total. The number of benzene rings is 2. The van der Waals surface area contributed by atoms with Gasteiger partial charge in [-0.15, -0.1) is 0 Å². The van der Waals surface area contributed by atoms with Crippen molar-refractivity contribution in [3.05, 3.63) is 60.7 Å². The summed E-state index contributed by atoms with van der Waals surface area (Å²) >= 11 is 0. The van der Waals surface area contributed by atoms with Crippen LogP contribution >= 0.6 is 0 Å². The van der Waals surface area contributed by atoms with Gasteiger partial charge in [-0.1, -0.05) is 48.5 Å². The van der Waals surface area contributed by atoms with Gasteiger partial charge in [0, 0.05) is 0 Å². The van der Waals surface area contributed by atoms with Crippen molar-refractivity contribution in [2.24, 2.45) is 0 Å². The van der Waals surface area contributed by atoms with Crippen LogP contribution in [0.15, 0.2) is 60.7 Å². The first kappa shape index (κ1) is 9.03. The van der Waals surface area contributed by atoms with Crippen molar-refractivity contribution in [3.63, 3.8) is 0 Å². The maximum absolute atomic E-state index is 5.62. The van der Waals surface area contributed by atoms with E-state index in [2.05, 4.69) is 12.1 Å². The lowest BCUT2D eigenvalue weighted by atomic mass is 10.3. The smallest absolute Gasteiger partial charge is 0.351 e. The van der Waals surface area contributed by atoms with Crippen LogP contribution < -0.4 is 9.61 Å². The molecule has 0 saturated heterocycles. The molecule has 0 saturated carbocycles. The topological polar surface area (TPSA) is 9.23 Å². The molecule has 0 atom stereocenters. The van der Waals surface area contributed by atoms with E-state index in [0.717, 1.165) is 5.75 Å². The highest BCUT2D eigenvalue weighted by molar-refractivity contribution is 6.47. The van der Waals surface area contributed by atoms with Crippen LogP contribution in [0.25, 0.3) is 0 Å². The first-order chi connectivity index (χ1) is 6.95. The molecule has 0 aliphatic carbocycles. The van der Waals surface area contributed by atoms with E-state index in [1.54, 1.807) is 0 Å². The minimum atomic E-state index is 0.382. The fraction of sp³-hybridized carbons (Fsp3) is 0. The average Bonchev–Trinajstić information content (AvgIpc) is 2.29. The van der Waals surface area contributed by atoms with Crippen LogP contribution in [0.1, 0.15) is 0 Å². The summed E-state index contributed by atoms with van der Waals surface area (Å²) in [5.74, 6) is 0.926. The van der Waals surface area contributed by atoms with Gasteiger partial charge in [0.2, 0.25) is 0 Å². The highest BCUT2D eigenvalue weighted by atomic mass is 28.2. The molecule has 2 heteroatoms. The monoisotopic (exact) mass is 198 g/mol. The lowest BCUT2D eigenvalue weighted by Gasteiger charge is -2.03. The predicted octanol–water partition coefficient (Wildman–Crippen LogP) is 2.01. The van der Waals surface area contributed by atoms with Crippen molar-refractivity contribution in [1.29, 1.82) is 0 Å². The van der Waals surface area contributed by atoms with E-state index in [9.17, 15) is 0 Å².